The number of guanidine groups is 1. The second kappa shape index (κ2) is 12.5. The number of nitrogens with zero attached hydrogens (tertiary/aromatic N) is 4. The Hall–Kier alpha value is -1.13. The summed E-state index contributed by atoms with van der Waals surface area (Å²) < 4.78 is 3.13. The van der Waals surface area contributed by atoms with E-state index in [0.29, 0.717) is 6.04 Å². The predicted octanol–water partition coefficient (Wildman–Crippen LogP) is 3.79. The van der Waals surface area contributed by atoms with E-state index in [-0.39, 0.29) is 24.0 Å². The van der Waals surface area contributed by atoms with Crippen LogP contribution in [-0.2, 0) is 13.1 Å². The highest BCUT2D eigenvalue weighted by atomic mass is 127. The Balaban J connectivity index is 0.00000300. The maximum absolute atomic E-state index is 4.38. The molecule has 0 aliphatic carbocycles. The fourth-order valence-corrected chi connectivity index (χ4v) is 3.77. The molecule has 1 saturated heterocycles. The monoisotopic (exact) mass is 574 g/mol. The lowest BCUT2D eigenvalue weighted by atomic mass is 10.0. The molecule has 29 heavy (non-hydrogen) atoms. The van der Waals surface area contributed by atoms with Crippen LogP contribution in [0.15, 0.2) is 46.1 Å². The van der Waals surface area contributed by atoms with E-state index in [0.717, 1.165) is 62.4 Å². The van der Waals surface area contributed by atoms with Crippen molar-refractivity contribution in [1.29, 1.82) is 0 Å². The van der Waals surface area contributed by atoms with E-state index in [4.69, 9.17) is 0 Å². The maximum atomic E-state index is 4.38. The quantitative estimate of drug-likeness (QED) is 0.229. The zero-order chi connectivity index (χ0) is 19.8. The number of benzene rings is 1. The van der Waals surface area contributed by atoms with Crippen molar-refractivity contribution in [1.82, 2.24) is 25.3 Å². The van der Waals surface area contributed by atoms with Crippen LogP contribution < -0.4 is 10.6 Å². The average molecular weight is 575 g/mol. The first-order chi connectivity index (χ1) is 13.6. The van der Waals surface area contributed by atoms with Crippen molar-refractivity contribution in [2.75, 3.05) is 26.7 Å². The van der Waals surface area contributed by atoms with Crippen LogP contribution in [0.1, 0.15) is 30.4 Å². The third kappa shape index (κ3) is 8.25. The van der Waals surface area contributed by atoms with Gasteiger partial charge in [0, 0.05) is 56.5 Å². The maximum Gasteiger partial charge on any atom is 0.191 e. The van der Waals surface area contributed by atoms with Gasteiger partial charge in [-0.3, -0.25) is 14.6 Å². The van der Waals surface area contributed by atoms with Gasteiger partial charge < -0.3 is 10.6 Å². The van der Waals surface area contributed by atoms with Gasteiger partial charge in [0.2, 0.25) is 0 Å². The predicted molar refractivity (Wildman–Crippen MR) is 134 cm³/mol. The Morgan fingerprint density at radius 2 is 1.97 bits per heavy atom. The Kier molecular flexibility index (Phi) is 10.4. The molecule has 2 N–H and O–H groups in total. The van der Waals surface area contributed by atoms with Crippen molar-refractivity contribution in [2.24, 2.45) is 4.99 Å². The van der Waals surface area contributed by atoms with Crippen LogP contribution in [0.4, 0.5) is 0 Å². The van der Waals surface area contributed by atoms with Gasteiger partial charge in [0.25, 0.3) is 0 Å². The number of hydrogen-bond donors (Lipinski definition) is 2. The van der Waals surface area contributed by atoms with Crippen molar-refractivity contribution < 1.29 is 0 Å². The minimum absolute atomic E-state index is 0. The van der Waals surface area contributed by atoms with Gasteiger partial charge in [-0.2, -0.15) is 5.10 Å². The fourth-order valence-electron chi connectivity index (χ4n) is 3.51. The molecule has 3 rings (SSSR count). The average Bonchev–Trinajstić information content (AvgIpc) is 3.12. The van der Waals surface area contributed by atoms with Crippen LogP contribution in [-0.4, -0.2) is 53.4 Å². The minimum Gasteiger partial charge on any atom is -0.356 e. The highest BCUT2D eigenvalue weighted by Crippen LogP contribution is 2.16. The van der Waals surface area contributed by atoms with Crippen LogP contribution in [0.2, 0.25) is 0 Å². The van der Waals surface area contributed by atoms with Gasteiger partial charge >= 0.3 is 0 Å². The van der Waals surface area contributed by atoms with Crippen LogP contribution in [0.5, 0.6) is 0 Å². The third-order valence-corrected chi connectivity index (χ3v) is 5.62. The number of aromatic nitrogens is 2. The lowest BCUT2D eigenvalue weighted by Gasteiger charge is -2.33. The summed E-state index contributed by atoms with van der Waals surface area (Å²) >= 11 is 3.50. The first-order valence-electron chi connectivity index (χ1n) is 10.1. The zero-order valence-electron chi connectivity index (χ0n) is 17.3. The smallest absolute Gasteiger partial charge is 0.191 e. The summed E-state index contributed by atoms with van der Waals surface area (Å²) in [5.41, 5.74) is 2.58. The van der Waals surface area contributed by atoms with Crippen molar-refractivity contribution in [3.05, 3.63) is 52.3 Å². The molecule has 2 aromatic rings. The van der Waals surface area contributed by atoms with Crippen LogP contribution in [0.25, 0.3) is 0 Å². The number of rotatable bonds is 7. The number of piperidine rings is 1. The summed E-state index contributed by atoms with van der Waals surface area (Å²) in [6, 6.07) is 9.12. The molecule has 0 radical (unpaired) electrons. The molecule has 0 amide bonds. The first kappa shape index (κ1) is 24.1. The molecular formula is C21H32BrIN6. The molecule has 1 aromatic heterocycles. The van der Waals surface area contributed by atoms with Gasteiger partial charge in [0.05, 0.1) is 6.20 Å². The summed E-state index contributed by atoms with van der Waals surface area (Å²) in [6.45, 7) is 7.14. The molecule has 2 heterocycles. The molecule has 160 valence electrons. The van der Waals surface area contributed by atoms with Crippen molar-refractivity contribution in [2.45, 2.75) is 45.3 Å². The van der Waals surface area contributed by atoms with Gasteiger partial charge in [0.15, 0.2) is 5.96 Å². The molecule has 0 saturated carbocycles. The molecule has 1 fully saturated rings. The molecule has 8 heteroatoms. The molecule has 0 atom stereocenters. The normalized spacial score (nSPS) is 15.8. The number of likely N-dealkylation sites (tertiary alicyclic amines) is 1. The topological polar surface area (TPSA) is 57.5 Å². The highest BCUT2D eigenvalue weighted by molar-refractivity contribution is 14.0. The van der Waals surface area contributed by atoms with Crippen molar-refractivity contribution in [3.63, 3.8) is 0 Å². The molecule has 0 bridgehead atoms. The van der Waals surface area contributed by atoms with E-state index in [2.05, 4.69) is 78.9 Å². The summed E-state index contributed by atoms with van der Waals surface area (Å²) in [6.07, 6.45) is 7.28. The second-order valence-electron chi connectivity index (χ2n) is 7.45. The SMILES string of the molecule is CN=C(NCCCn1cc(C)cn1)NC1CCN(Cc2ccc(Br)cc2)CC1.I. The minimum atomic E-state index is 0. The largest absolute Gasteiger partial charge is 0.356 e. The van der Waals surface area contributed by atoms with E-state index in [1.165, 1.54) is 11.1 Å². The Labute approximate surface area is 199 Å². The first-order valence-corrected chi connectivity index (χ1v) is 10.8. The molecule has 0 spiro atoms. The lowest BCUT2D eigenvalue weighted by Crippen LogP contribution is -2.48. The molecule has 0 unspecified atom stereocenters. The number of aliphatic imine (C=N–C) groups is 1. The number of aryl methyl sites for hydroxylation is 2. The molecular weight excluding hydrogens is 543 g/mol. The van der Waals surface area contributed by atoms with Gasteiger partial charge in [-0.1, -0.05) is 28.1 Å². The fraction of sp³-hybridized carbons (Fsp3) is 0.524. The molecule has 1 aromatic carbocycles. The summed E-state index contributed by atoms with van der Waals surface area (Å²) in [7, 11) is 1.84. The lowest BCUT2D eigenvalue weighted by molar-refractivity contribution is 0.198. The third-order valence-electron chi connectivity index (χ3n) is 5.09. The van der Waals surface area contributed by atoms with E-state index < -0.39 is 0 Å². The van der Waals surface area contributed by atoms with Crippen molar-refractivity contribution >= 4 is 45.9 Å². The summed E-state index contributed by atoms with van der Waals surface area (Å²) in [5.74, 6) is 0.906. The molecule has 6 nitrogen and oxygen atoms in total. The number of hydrogen-bond acceptors (Lipinski definition) is 3. The van der Waals surface area contributed by atoms with Gasteiger partial charge in [-0.25, -0.2) is 0 Å². The Bertz CT molecular complexity index is 753. The Morgan fingerprint density at radius 3 is 2.59 bits per heavy atom. The zero-order valence-corrected chi connectivity index (χ0v) is 21.2. The highest BCUT2D eigenvalue weighted by Gasteiger charge is 2.20. The molecule has 1 aliphatic rings. The van der Waals surface area contributed by atoms with Crippen LogP contribution >= 0.6 is 39.9 Å². The summed E-state index contributed by atoms with van der Waals surface area (Å²) in [4.78, 5) is 6.91. The van der Waals surface area contributed by atoms with Crippen LogP contribution in [0, 0.1) is 6.92 Å². The molecule has 1 aliphatic heterocycles. The number of halogens is 2. The number of nitrogens with one attached hydrogen (secondary N) is 2. The van der Waals surface area contributed by atoms with Crippen LogP contribution in [0.3, 0.4) is 0 Å². The Morgan fingerprint density at radius 1 is 1.24 bits per heavy atom. The van der Waals surface area contributed by atoms with E-state index in [1.54, 1.807) is 0 Å². The van der Waals surface area contributed by atoms with Gasteiger partial charge in [-0.05, 0) is 49.4 Å². The standard InChI is InChI=1S/C21H31BrN6.HI/c1-17-14-25-28(15-17)11-3-10-24-21(23-2)26-20-8-12-27(13-9-20)16-18-4-6-19(22)7-5-18;/h4-7,14-15,20H,3,8-13,16H2,1-2H3,(H2,23,24,26);1H. The van der Waals surface area contributed by atoms with Gasteiger partial charge in [-0.15, -0.1) is 24.0 Å². The van der Waals surface area contributed by atoms with E-state index >= 15 is 0 Å². The van der Waals surface area contributed by atoms with Gasteiger partial charge in [0.1, 0.15) is 0 Å². The van der Waals surface area contributed by atoms with E-state index in [9.17, 15) is 0 Å². The van der Waals surface area contributed by atoms with Crippen molar-refractivity contribution in [3.8, 4) is 0 Å². The second-order valence-corrected chi connectivity index (χ2v) is 8.37. The summed E-state index contributed by atoms with van der Waals surface area (Å²) in [5, 5.41) is 11.3. The van der Waals surface area contributed by atoms with E-state index in [1.807, 2.05) is 17.9 Å².